The summed E-state index contributed by atoms with van der Waals surface area (Å²) in [4.78, 5) is 49.6. The molecule has 0 unspecified atom stereocenters. The third kappa shape index (κ3) is 9.58. The first-order valence-electron chi connectivity index (χ1n) is 11.9. The predicted molar refractivity (Wildman–Crippen MR) is 140 cm³/mol. The number of carbonyl (C=O) groups is 2. The van der Waals surface area contributed by atoms with Gasteiger partial charge in [0.25, 0.3) is 5.56 Å². The predicted octanol–water partition coefficient (Wildman–Crippen LogP) is 2.95. The van der Waals surface area contributed by atoms with Gasteiger partial charge in [0.05, 0.1) is 37.0 Å². The lowest BCUT2D eigenvalue weighted by Crippen LogP contribution is -2.36. The summed E-state index contributed by atoms with van der Waals surface area (Å²) in [6.45, 7) is 9.61. The molecule has 2 rings (SSSR count). The van der Waals surface area contributed by atoms with Gasteiger partial charge in [-0.15, -0.1) is 11.6 Å². The second-order valence-electron chi connectivity index (χ2n) is 9.89. The van der Waals surface area contributed by atoms with E-state index in [1.54, 1.807) is 34.6 Å². The van der Waals surface area contributed by atoms with Crippen molar-refractivity contribution < 1.29 is 37.1 Å². The minimum absolute atomic E-state index is 0.0776. The van der Waals surface area contributed by atoms with Crippen LogP contribution in [0.1, 0.15) is 54.2 Å². The van der Waals surface area contributed by atoms with Crippen molar-refractivity contribution in [3.8, 4) is 0 Å². The van der Waals surface area contributed by atoms with Crippen molar-refractivity contribution in [2.75, 3.05) is 19.0 Å². The number of H-pyrrole nitrogens is 1. The Hall–Kier alpha value is -1.54. The molecule has 12 nitrogen and oxygen atoms in total. The first kappa shape index (κ1) is 32.7. The van der Waals surface area contributed by atoms with E-state index in [2.05, 4.69) is 5.09 Å². The highest BCUT2D eigenvalue weighted by Gasteiger charge is 2.39. The summed E-state index contributed by atoms with van der Waals surface area (Å²) in [5.74, 6) is -1.69. The van der Waals surface area contributed by atoms with E-state index in [0.717, 1.165) is 16.3 Å². The van der Waals surface area contributed by atoms with Gasteiger partial charge in [-0.3, -0.25) is 33.0 Å². The average molecular weight is 602 g/mol. The van der Waals surface area contributed by atoms with Crippen LogP contribution in [0.3, 0.4) is 0 Å². The molecule has 38 heavy (non-hydrogen) atoms. The Morgan fingerprint density at radius 1 is 1.32 bits per heavy atom. The molecule has 2 N–H and O–H groups in total. The highest BCUT2D eigenvalue weighted by Crippen LogP contribution is 2.46. The zero-order chi connectivity index (χ0) is 28.8. The number of esters is 1. The summed E-state index contributed by atoms with van der Waals surface area (Å²) in [6, 6.07) is -1.06. The highest BCUT2D eigenvalue weighted by molar-refractivity contribution is 8.13. The number of nitrogens with one attached hydrogen (secondary N) is 2. The van der Waals surface area contributed by atoms with Crippen LogP contribution in [0.5, 0.6) is 0 Å². The van der Waals surface area contributed by atoms with Crippen LogP contribution in [-0.2, 0) is 32.7 Å². The van der Waals surface area contributed by atoms with Gasteiger partial charge in [-0.25, -0.2) is 14.4 Å². The zero-order valence-electron chi connectivity index (χ0n) is 22.0. The third-order valence-electron chi connectivity index (χ3n) is 5.01. The molecule has 0 amide bonds. The first-order valence-corrected chi connectivity index (χ1v) is 14.8. The van der Waals surface area contributed by atoms with E-state index in [-0.39, 0.29) is 30.5 Å². The molecule has 5 atom stereocenters. The van der Waals surface area contributed by atoms with Gasteiger partial charge in [0, 0.05) is 11.2 Å². The molecule has 1 aromatic heterocycles. The molecule has 1 saturated heterocycles. The second kappa shape index (κ2) is 13.7. The van der Waals surface area contributed by atoms with E-state index in [0.29, 0.717) is 6.20 Å². The molecule has 0 bridgehead atoms. The minimum Gasteiger partial charge on any atom is -0.462 e. The van der Waals surface area contributed by atoms with E-state index >= 15 is 0 Å². The van der Waals surface area contributed by atoms with Crippen LogP contribution in [0.15, 0.2) is 15.8 Å². The molecule has 1 aromatic rings. The van der Waals surface area contributed by atoms with Crippen LogP contribution in [0.4, 0.5) is 4.39 Å². The minimum atomic E-state index is -4.14. The van der Waals surface area contributed by atoms with Crippen molar-refractivity contribution in [2.24, 2.45) is 5.41 Å². The van der Waals surface area contributed by atoms with Crippen molar-refractivity contribution in [3.05, 3.63) is 32.9 Å². The quantitative estimate of drug-likeness (QED) is 0.157. The third-order valence-corrected chi connectivity index (χ3v) is 8.36. The summed E-state index contributed by atoms with van der Waals surface area (Å²) in [6.07, 6.45) is -1.51. The molecule has 0 spiro atoms. The van der Waals surface area contributed by atoms with Crippen molar-refractivity contribution in [1.82, 2.24) is 14.6 Å². The fourth-order valence-corrected chi connectivity index (χ4v) is 5.91. The maximum Gasteiger partial charge on any atom is 0.406 e. The van der Waals surface area contributed by atoms with Crippen molar-refractivity contribution in [3.63, 3.8) is 0 Å². The largest absolute Gasteiger partial charge is 0.462 e. The van der Waals surface area contributed by atoms with Gasteiger partial charge < -0.3 is 9.47 Å². The number of hydrogen-bond donors (Lipinski definition) is 2. The summed E-state index contributed by atoms with van der Waals surface area (Å²) in [7, 11) is -4.14. The Balaban J connectivity index is 2.08. The SMILES string of the molecule is CC(C)OC(=O)[C@H](C)N[P@@](=O)(OCCSC(=O)C(C)(C)C)OC[C@@H]1C[C@H](Cl)[C@H](n2cc(F)c(=O)[nH]c2=O)O1. The molecule has 216 valence electrons. The Bertz CT molecular complexity index is 1160. The fraction of sp³-hybridized carbons (Fsp3) is 0.727. The number of alkyl halides is 1. The summed E-state index contributed by atoms with van der Waals surface area (Å²) >= 11 is 7.31. The van der Waals surface area contributed by atoms with Crippen molar-refractivity contribution in [1.29, 1.82) is 0 Å². The first-order chi connectivity index (χ1) is 17.5. The smallest absolute Gasteiger partial charge is 0.406 e. The summed E-state index contributed by atoms with van der Waals surface area (Å²) in [5, 5.41) is 1.64. The molecule has 2 heterocycles. The molecule has 1 aliphatic heterocycles. The fourth-order valence-electron chi connectivity index (χ4n) is 3.13. The Kier molecular flexibility index (Phi) is 11.8. The molecule has 0 saturated carbocycles. The summed E-state index contributed by atoms with van der Waals surface area (Å²) in [5.41, 5.74) is -2.65. The Morgan fingerprint density at radius 2 is 1.97 bits per heavy atom. The number of halogens is 2. The highest BCUT2D eigenvalue weighted by atomic mass is 35.5. The average Bonchev–Trinajstić information content (AvgIpc) is 3.17. The van der Waals surface area contributed by atoms with E-state index in [4.69, 9.17) is 30.1 Å². The number of aromatic nitrogens is 2. The maximum absolute atomic E-state index is 13.7. The van der Waals surface area contributed by atoms with E-state index < -0.39 is 66.1 Å². The van der Waals surface area contributed by atoms with Gasteiger partial charge in [-0.1, -0.05) is 32.5 Å². The Labute approximate surface area is 228 Å². The van der Waals surface area contributed by atoms with Crippen LogP contribution in [0.2, 0.25) is 0 Å². The lowest BCUT2D eigenvalue weighted by Gasteiger charge is -2.24. The van der Waals surface area contributed by atoms with Crippen LogP contribution < -0.4 is 16.3 Å². The van der Waals surface area contributed by atoms with Crippen LogP contribution in [0, 0.1) is 11.2 Å². The molecule has 1 aliphatic rings. The molecule has 1 fully saturated rings. The molecule has 0 aromatic carbocycles. The van der Waals surface area contributed by atoms with Crippen molar-refractivity contribution >= 4 is 42.2 Å². The second-order valence-corrected chi connectivity index (χ2v) is 13.3. The standard InChI is InChI=1S/C22H34ClFN3O9PS/c1-12(2)35-19(29)13(3)26-37(32,33-7-8-38-20(30)22(4,5)6)34-11-14-9-15(23)18(36-14)27-10-16(24)17(28)25-21(27)31/h10,12-15,18H,7-9,11H2,1-6H3,(H,26,32)(H,25,28,31)/t13-,14-,15-,18+,37+/m0/s1. The van der Waals surface area contributed by atoms with E-state index in [1.807, 2.05) is 4.98 Å². The van der Waals surface area contributed by atoms with Crippen LogP contribution in [0.25, 0.3) is 0 Å². The lowest BCUT2D eigenvalue weighted by molar-refractivity contribution is -0.149. The monoisotopic (exact) mass is 601 g/mol. The van der Waals surface area contributed by atoms with Crippen molar-refractivity contribution in [2.45, 2.75) is 77.8 Å². The number of thioether (sulfide) groups is 1. The van der Waals surface area contributed by atoms with Gasteiger partial charge in [-0.2, -0.15) is 4.39 Å². The van der Waals surface area contributed by atoms with Crippen LogP contribution >= 0.6 is 31.1 Å². The number of hydrogen-bond acceptors (Lipinski definition) is 10. The lowest BCUT2D eigenvalue weighted by atomic mass is 10.00. The Morgan fingerprint density at radius 3 is 2.58 bits per heavy atom. The number of aromatic amines is 1. The number of nitrogens with zero attached hydrogens (tertiary/aromatic N) is 1. The maximum atomic E-state index is 13.7. The number of ether oxygens (including phenoxy) is 2. The normalized spacial score (nSPS) is 22.3. The molecule has 16 heteroatoms. The molecule has 0 aliphatic carbocycles. The van der Waals surface area contributed by atoms with E-state index in [9.17, 15) is 28.1 Å². The zero-order valence-corrected chi connectivity index (χ0v) is 24.5. The van der Waals surface area contributed by atoms with Gasteiger partial charge in [0.2, 0.25) is 5.82 Å². The van der Waals surface area contributed by atoms with E-state index in [1.165, 1.54) is 6.92 Å². The molecule has 0 radical (unpaired) electrons. The van der Waals surface area contributed by atoms with Gasteiger partial charge in [0.15, 0.2) is 11.3 Å². The molecular formula is C22H34ClFN3O9PS. The van der Waals surface area contributed by atoms with Gasteiger partial charge in [-0.05, 0) is 27.2 Å². The van der Waals surface area contributed by atoms with Gasteiger partial charge in [0.1, 0.15) is 6.04 Å². The summed E-state index contributed by atoms with van der Waals surface area (Å²) < 4.78 is 49.9. The number of carbonyl (C=O) groups excluding carboxylic acids is 2. The van der Waals surface area contributed by atoms with Crippen LogP contribution in [-0.4, -0.2) is 63.2 Å². The number of rotatable bonds is 12. The van der Waals surface area contributed by atoms with Gasteiger partial charge >= 0.3 is 19.4 Å². The molecular weight excluding hydrogens is 568 g/mol. The topological polar surface area (TPSA) is 155 Å².